The van der Waals surface area contributed by atoms with Crippen LogP contribution in [0.5, 0.6) is 0 Å². The van der Waals surface area contributed by atoms with E-state index in [9.17, 15) is 8.42 Å². The number of pyridine rings is 1. The molecule has 96 valence electrons. The van der Waals surface area contributed by atoms with E-state index in [1.54, 1.807) is 13.0 Å². The van der Waals surface area contributed by atoms with Gasteiger partial charge in [-0.25, -0.2) is 13.4 Å². The summed E-state index contributed by atoms with van der Waals surface area (Å²) in [7, 11) is -3.42. The van der Waals surface area contributed by atoms with Gasteiger partial charge in [0.25, 0.3) is 0 Å². The van der Waals surface area contributed by atoms with Gasteiger partial charge in [-0.05, 0) is 12.1 Å². The maximum Gasteiger partial charge on any atom is 0.180 e. The summed E-state index contributed by atoms with van der Waals surface area (Å²) in [5.41, 5.74) is 1.38. The zero-order valence-corrected chi connectivity index (χ0v) is 11.2. The molecule has 0 saturated heterocycles. The van der Waals surface area contributed by atoms with Crippen LogP contribution in [-0.4, -0.2) is 19.2 Å². The third-order valence-electron chi connectivity index (χ3n) is 2.75. The highest BCUT2D eigenvalue weighted by Gasteiger charge is 2.18. The summed E-state index contributed by atoms with van der Waals surface area (Å²) in [4.78, 5) is 4.13. The Morgan fingerprint density at radius 3 is 2.42 bits per heavy atom. The van der Waals surface area contributed by atoms with Crippen LogP contribution in [0.2, 0.25) is 0 Å². The second-order valence-corrected chi connectivity index (χ2v) is 6.17. The first-order valence-electron chi connectivity index (χ1n) is 5.78. The summed E-state index contributed by atoms with van der Waals surface area (Å²) < 4.78 is 23.7. The van der Waals surface area contributed by atoms with Crippen LogP contribution in [-0.2, 0) is 9.84 Å². The first-order valence-corrected chi connectivity index (χ1v) is 7.43. The van der Waals surface area contributed by atoms with Crippen LogP contribution in [0.3, 0.4) is 0 Å². The van der Waals surface area contributed by atoms with Crippen molar-refractivity contribution in [3.8, 4) is 17.3 Å². The van der Waals surface area contributed by atoms with Gasteiger partial charge in [0, 0.05) is 5.56 Å². The van der Waals surface area contributed by atoms with Crippen molar-refractivity contribution in [1.29, 1.82) is 5.26 Å². The average Bonchev–Trinajstić information content (AvgIpc) is 2.47. The fraction of sp³-hybridized carbons (Fsp3) is 0.143. The molecule has 0 fully saturated rings. The molecule has 0 saturated carbocycles. The van der Waals surface area contributed by atoms with E-state index >= 15 is 0 Å². The number of aromatic nitrogens is 1. The van der Waals surface area contributed by atoms with Crippen LogP contribution in [0.15, 0.2) is 47.4 Å². The van der Waals surface area contributed by atoms with Crippen molar-refractivity contribution in [2.45, 2.75) is 11.8 Å². The fourth-order valence-corrected chi connectivity index (χ4v) is 2.67. The summed E-state index contributed by atoms with van der Waals surface area (Å²) in [5, 5.41) is 9.07. The monoisotopic (exact) mass is 272 g/mol. The Morgan fingerprint density at radius 2 is 1.84 bits per heavy atom. The van der Waals surface area contributed by atoms with E-state index in [2.05, 4.69) is 4.98 Å². The van der Waals surface area contributed by atoms with E-state index in [-0.39, 0.29) is 16.3 Å². The normalized spacial score (nSPS) is 10.9. The highest BCUT2D eigenvalue weighted by Crippen LogP contribution is 2.21. The molecular weight excluding hydrogens is 260 g/mol. The predicted octanol–water partition coefficient (Wildman–Crippen LogP) is 2.41. The average molecular weight is 272 g/mol. The Hall–Kier alpha value is -2.19. The van der Waals surface area contributed by atoms with Gasteiger partial charge in [-0.1, -0.05) is 37.3 Å². The SMILES string of the molecule is CCS(=O)(=O)c1ccc(-c2ccccc2)nc1C#N. The van der Waals surface area contributed by atoms with E-state index in [1.165, 1.54) is 6.07 Å². The second kappa shape index (κ2) is 5.21. The van der Waals surface area contributed by atoms with Gasteiger partial charge in [0.05, 0.1) is 11.4 Å². The van der Waals surface area contributed by atoms with Crippen LogP contribution in [0.25, 0.3) is 11.3 Å². The predicted molar refractivity (Wildman–Crippen MR) is 72.1 cm³/mol. The van der Waals surface area contributed by atoms with E-state index in [1.807, 2.05) is 36.4 Å². The minimum atomic E-state index is -3.42. The molecule has 0 aliphatic rings. The Bertz CT molecular complexity index is 732. The third-order valence-corrected chi connectivity index (χ3v) is 4.51. The van der Waals surface area contributed by atoms with Crippen molar-refractivity contribution in [2.75, 3.05) is 5.75 Å². The standard InChI is InChI=1S/C14H12N2O2S/c1-2-19(17,18)14-9-8-12(16-13(14)10-15)11-6-4-3-5-7-11/h3-9H,2H2,1H3. The third kappa shape index (κ3) is 2.64. The lowest BCUT2D eigenvalue weighted by Gasteiger charge is -2.06. The van der Waals surface area contributed by atoms with E-state index in [0.717, 1.165) is 5.56 Å². The highest BCUT2D eigenvalue weighted by atomic mass is 32.2. The first-order chi connectivity index (χ1) is 9.08. The molecule has 0 aliphatic carbocycles. The molecule has 0 bridgehead atoms. The van der Waals surface area contributed by atoms with E-state index in [0.29, 0.717) is 5.69 Å². The molecule has 2 aromatic rings. The summed E-state index contributed by atoms with van der Waals surface area (Å²) in [6, 6.07) is 14.2. The Kier molecular flexibility index (Phi) is 3.63. The topological polar surface area (TPSA) is 70.8 Å². The second-order valence-electron chi connectivity index (χ2n) is 3.92. The van der Waals surface area contributed by atoms with E-state index < -0.39 is 9.84 Å². The molecule has 0 unspecified atom stereocenters. The zero-order valence-electron chi connectivity index (χ0n) is 10.4. The highest BCUT2D eigenvalue weighted by molar-refractivity contribution is 7.91. The molecule has 0 radical (unpaired) electrons. The van der Waals surface area contributed by atoms with Crippen molar-refractivity contribution in [1.82, 2.24) is 4.98 Å². The van der Waals surface area contributed by atoms with Crippen LogP contribution in [0, 0.1) is 11.3 Å². The minimum absolute atomic E-state index is 0.00261. The Morgan fingerprint density at radius 1 is 1.16 bits per heavy atom. The number of hydrogen-bond acceptors (Lipinski definition) is 4. The molecule has 0 N–H and O–H groups in total. The van der Waals surface area contributed by atoms with Gasteiger partial charge < -0.3 is 0 Å². The van der Waals surface area contributed by atoms with Crippen molar-refractivity contribution in [3.05, 3.63) is 48.2 Å². The summed E-state index contributed by atoms with van der Waals surface area (Å²) >= 11 is 0. The van der Waals surface area contributed by atoms with Crippen LogP contribution < -0.4 is 0 Å². The molecule has 0 amide bonds. The maximum absolute atomic E-state index is 11.8. The van der Waals surface area contributed by atoms with Crippen molar-refractivity contribution in [3.63, 3.8) is 0 Å². The molecule has 1 aromatic heterocycles. The molecule has 19 heavy (non-hydrogen) atoms. The summed E-state index contributed by atoms with van der Waals surface area (Å²) in [5.74, 6) is -0.0476. The van der Waals surface area contributed by atoms with Crippen molar-refractivity contribution < 1.29 is 8.42 Å². The lowest BCUT2D eigenvalue weighted by atomic mass is 10.1. The summed E-state index contributed by atoms with van der Waals surface area (Å²) in [6.45, 7) is 1.54. The first kappa shape index (κ1) is 13.2. The Labute approximate surface area is 112 Å². The number of hydrogen-bond donors (Lipinski definition) is 0. The van der Waals surface area contributed by atoms with Gasteiger partial charge in [-0.15, -0.1) is 0 Å². The van der Waals surface area contributed by atoms with Crippen molar-refractivity contribution in [2.24, 2.45) is 0 Å². The lowest BCUT2D eigenvalue weighted by Crippen LogP contribution is -2.07. The maximum atomic E-state index is 11.8. The van der Waals surface area contributed by atoms with Crippen LogP contribution in [0.4, 0.5) is 0 Å². The largest absolute Gasteiger partial charge is 0.236 e. The van der Waals surface area contributed by atoms with Crippen molar-refractivity contribution >= 4 is 9.84 Å². The fourth-order valence-electron chi connectivity index (χ4n) is 1.70. The summed E-state index contributed by atoms with van der Waals surface area (Å²) in [6.07, 6.45) is 0. The Balaban J connectivity index is 2.59. The van der Waals surface area contributed by atoms with E-state index in [4.69, 9.17) is 5.26 Å². The molecule has 2 rings (SSSR count). The molecule has 0 aliphatic heterocycles. The van der Waals surface area contributed by atoms with Gasteiger partial charge >= 0.3 is 0 Å². The number of sulfone groups is 1. The molecule has 0 atom stereocenters. The number of benzene rings is 1. The number of nitrogens with zero attached hydrogens (tertiary/aromatic N) is 2. The molecule has 0 spiro atoms. The van der Waals surface area contributed by atoms with Gasteiger partial charge in [-0.2, -0.15) is 5.26 Å². The van der Waals surface area contributed by atoms with Crippen LogP contribution >= 0.6 is 0 Å². The number of nitriles is 1. The minimum Gasteiger partial charge on any atom is -0.236 e. The molecule has 1 heterocycles. The van der Waals surface area contributed by atoms with Gasteiger partial charge in [0.15, 0.2) is 15.5 Å². The molecular formula is C14H12N2O2S. The van der Waals surface area contributed by atoms with Gasteiger partial charge in [0.1, 0.15) is 11.0 Å². The zero-order chi connectivity index (χ0) is 13.9. The quantitative estimate of drug-likeness (QED) is 0.860. The smallest absolute Gasteiger partial charge is 0.180 e. The molecule has 1 aromatic carbocycles. The van der Waals surface area contributed by atoms with Gasteiger partial charge in [0.2, 0.25) is 0 Å². The van der Waals surface area contributed by atoms with Crippen LogP contribution in [0.1, 0.15) is 12.6 Å². The van der Waals surface area contributed by atoms with Gasteiger partial charge in [-0.3, -0.25) is 0 Å². The lowest BCUT2D eigenvalue weighted by molar-refractivity contribution is 0.596. The molecule has 4 nitrogen and oxygen atoms in total. The number of rotatable bonds is 3. The molecule has 5 heteroatoms.